The highest BCUT2D eigenvalue weighted by atomic mass is 32.1. The number of amides is 1. The first-order chi connectivity index (χ1) is 15.5. The summed E-state index contributed by atoms with van der Waals surface area (Å²) in [7, 11) is 0. The summed E-state index contributed by atoms with van der Waals surface area (Å²) in [5.41, 5.74) is 10.6. The average molecular weight is 451 g/mol. The van der Waals surface area contributed by atoms with Gasteiger partial charge in [-0.2, -0.15) is 12.6 Å². The van der Waals surface area contributed by atoms with Crippen LogP contribution in [0, 0.1) is 6.92 Å². The number of ether oxygens (including phenoxy) is 1. The molecule has 0 saturated heterocycles. The number of rotatable bonds is 10. The fourth-order valence-electron chi connectivity index (χ4n) is 3.12. The predicted molar refractivity (Wildman–Crippen MR) is 133 cm³/mol. The molecule has 0 saturated carbocycles. The lowest BCUT2D eigenvalue weighted by Gasteiger charge is -2.19. The van der Waals surface area contributed by atoms with E-state index in [-0.39, 0.29) is 11.9 Å². The Morgan fingerprint density at radius 2 is 1.91 bits per heavy atom. The number of benzene rings is 2. The van der Waals surface area contributed by atoms with E-state index in [1.165, 1.54) is 0 Å². The molecule has 3 rings (SSSR count). The Bertz CT molecular complexity index is 1030. The minimum absolute atomic E-state index is 0.116. The fraction of sp³-hybridized carbons (Fsp3) is 0.280. The number of hydrogen-bond acceptors (Lipinski definition) is 6. The first-order valence-electron chi connectivity index (χ1n) is 10.6. The molecular weight excluding hydrogens is 420 g/mol. The van der Waals surface area contributed by atoms with Crippen LogP contribution in [0.15, 0.2) is 66.7 Å². The first kappa shape index (κ1) is 23.6. The van der Waals surface area contributed by atoms with Crippen molar-refractivity contribution in [1.82, 2.24) is 10.3 Å². The van der Waals surface area contributed by atoms with Gasteiger partial charge in [0, 0.05) is 30.4 Å². The van der Waals surface area contributed by atoms with Gasteiger partial charge in [-0.15, -0.1) is 0 Å². The minimum atomic E-state index is -0.725. The number of pyridine rings is 1. The van der Waals surface area contributed by atoms with Gasteiger partial charge in [-0.1, -0.05) is 60.2 Å². The van der Waals surface area contributed by atoms with Gasteiger partial charge in [-0.25, -0.2) is 4.98 Å². The zero-order valence-corrected chi connectivity index (χ0v) is 19.3. The van der Waals surface area contributed by atoms with Gasteiger partial charge >= 0.3 is 0 Å². The van der Waals surface area contributed by atoms with Crippen molar-refractivity contribution in [2.45, 2.75) is 32.5 Å². The lowest BCUT2D eigenvalue weighted by molar-refractivity contribution is -0.127. The predicted octanol–water partition coefficient (Wildman–Crippen LogP) is 3.81. The van der Waals surface area contributed by atoms with E-state index in [1.54, 1.807) is 6.92 Å². The molecule has 0 bridgehead atoms. The van der Waals surface area contributed by atoms with E-state index in [0.717, 1.165) is 22.4 Å². The Morgan fingerprint density at radius 1 is 1.12 bits per heavy atom. The van der Waals surface area contributed by atoms with Gasteiger partial charge in [0.1, 0.15) is 0 Å². The van der Waals surface area contributed by atoms with E-state index in [9.17, 15) is 4.79 Å². The molecule has 1 amide bonds. The monoisotopic (exact) mass is 450 g/mol. The van der Waals surface area contributed by atoms with Gasteiger partial charge in [0.25, 0.3) is 5.91 Å². The number of aryl methyl sites for hydroxylation is 1. The van der Waals surface area contributed by atoms with Gasteiger partial charge in [0.2, 0.25) is 5.88 Å². The van der Waals surface area contributed by atoms with Gasteiger partial charge in [-0.05, 0) is 31.5 Å². The summed E-state index contributed by atoms with van der Waals surface area (Å²) in [6.45, 7) is 4.69. The zero-order chi connectivity index (χ0) is 22.9. The topological polar surface area (TPSA) is 89.3 Å². The van der Waals surface area contributed by atoms with E-state index in [4.69, 9.17) is 10.5 Å². The molecule has 7 heteroatoms. The molecule has 1 heterocycles. The highest BCUT2D eigenvalue weighted by Crippen LogP contribution is 2.28. The van der Waals surface area contributed by atoms with Crippen LogP contribution < -0.4 is 21.1 Å². The van der Waals surface area contributed by atoms with Crippen molar-refractivity contribution in [2.75, 3.05) is 17.6 Å². The van der Waals surface area contributed by atoms with Crippen molar-refractivity contribution in [3.63, 3.8) is 0 Å². The van der Waals surface area contributed by atoms with Crippen molar-refractivity contribution in [2.24, 2.45) is 5.73 Å². The molecule has 32 heavy (non-hydrogen) atoms. The number of nitrogens with one attached hydrogen (secondary N) is 2. The third-order valence-corrected chi connectivity index (χ3v) is 5.39. The number of nitrogens with zero attached hydrogens (tertiary/aromatic N) is 1. The summed E-state index contributed by atoms with van der Waals surface area (Å²) >= 11 is 4.23. The largest absolute Gasteiger partial charge is 0.463 e. The summed E-state index contributed by atoms with van der Waals surface area (Å²) in [5, 5.41) is 6.19. The SMILES string of the molecule is Cc1cccc(CNC(=O)C(C)Oc2nc(-c3ccccc3)ccc2NCC(N)CS)c1. The second-order valence-electron chi connectivity index (χ2n) is 7.71. The molecule has 0 aliphatic rings. The Morgan fingerprint density at radius 3 is 2.62 bits per heavy atom. The van der Waals surface area contributed by atoms with Crippen LogP contribution in [0.25, 0.3) is 11.3 Å². The lowest BCUT2D eigenvalue weighted by Crippen LogP contribution is -2.36. The maximum atomic E-state index is 12.7. The van der Waals surface area contributed by atoms with E-state index in [0.29, 0.717) is 30.4 Å². The summed E-state index contributed by atoms with van der Waals surface area (Å²) in [4.78, 5) is 17.3. The molecule has 4 N–H and O–H groups in total. The van der Waals surface area contributed by atoms with Crippen molar-refractivity contribution >= 4 is 24.2 Å². The Balaban J connectivity index is 1.74. The third kappa shape index (κ3) is 6.73. The normalized spacial score (nSPS) is 12.6. The van der Waals surface area contributed by atoms with Gasteiger partial charge in [-0.3, -0.25) is 4.79 Å². The molecule has 0 radical (unpaired) electrons. The third-order valence-electron chi connectivity index (χ3n) is 4.93. The number of anilines is 1. The van der Waals surface area contributed by atoms with Crippen LogP contribution in [-0.2, 0) is 11.3 Å². The van der Waals surface area contributed by atoms with Crippen LogP contribution in [0.1, 0.15) is 18.1 Å². The molecule has 3 aromatic rings. The highest BCUT2D eigenvalue weighted by Gasteiger charge is 2.18. The number of hydrogen-bond donors (Lipinski definition) is 4. The number of nitrogens with two attached hydrogens (primary N) is 1. The molecule has 168 valence electrons. The summed E-state index contributed by atoms with van der Waals surface area (Å²) in [6, 6.07) is 21.5. The van der Waals surface area contributed by atoms with Crippen molar-refractivity contribution < 1.29 is 9.53 Å². The quantitative estimate of drug-likeness (QED) is 0.353. The number of aromatic nitrogens is 1. The smallest absolute Gasteiger partial charge is 0.261 e. The average Bonchev–Trinajstić information content (AvgIpc) is 2.82. The molecule has 0 spiro atoms. The van der Waals surface area contributed by atoms with E-state index < -0.39 is 6.10 Å². The molecule has 0 aliphatic carbocycles. The Labute approximate surface area is 195 Å². The summed E-state index contributed by atoms with van der Waals surface area (Å²) < 4.78 is 6.00. The van der Waals surface area contributed by atoms with Crippen molar-refractivity contribution in [3.8, 4) is 17.1 Å². The van der Waals surface area contributed by atoms with E-state index >= 15 is 0 Å². The second-order valence-corrected chi connectivity index (χ2v) is 8.07. The maximum absolute atomic E-state index is 12.7. The summed E-state index contributed by atoms with van der Waals surface area (Å²) in [5.74, 6) is 0.698. The molecule has 6 nitrogen and oxygen atoms in total. The standard InChI is InChI=1S/C25H30N4O2S/c1-17-7-6-8-19(13-17)14-28-24(30)18(2)31-25-23(27-15-21(26)16-32)12-11-22(29-25)20-9-4-3-5-10-20/h3-13,18,21,27,32H,14-16,26H2,1-2H3,(H,28,30). The maximum Gasteiger partial charge on any atom is 0.261 e. The van der Waals surface area contributed by atoms with Crippen LogP contribution in [0.4, 0.5) is 5.69 Å². The molecule has 0 aliphatic heterocycles. The lowest BCUT2D eigenvalue weighted by atomic mass is 10.1. The van der Waals surface area contributed by atoms with Crippen molar-refractivity contribution in [3.05, 3.63) is 77.9 Å². The number of thiol groups is 1. The molecule has 2 atom stereocenters. The Kier molecular flexibility index (Phi) is 8.53. The van der Waals surface area contributed by atoms with Crippen LogP contribution in [-0.4, -0.2) is 35.3 Å². The first-order valence-corrected chi connectivity index (χ1v) is 11.3. The van der Waals surface area contributed by atoms with Gasteiger partial charge in [0.05, 0.1) is 11.4 Å². The van der Waals surface area contributed by atoms with Crippen LogP contribution >= 0.6 is 12.6 Å². The highest BCUT2D eigenvalue weighted by molar-refractivity contribution is 7.80. The van der Waals surface area contributed by atoms with Crippen LogP contribution in [0.2, 0.25) is 0 Å². The molecule has 0 fully saturated rings. The molecule has 2 unspecified atom stereocenters. The van der Waals surface area contributed by atoms with E-state index in [1.807, 2.05) is 73.7 Å². The summed E-state index contributed by atoms with van der Waals surface area (Å²) in [6.07, 6.45) is -0.725. The molecular formula is C25H30N4O2S. The number of carbonyl (C=O) groups excluding carboxylic acids is 1. The fourth-order valence-corrected chi connectivity index (χ4v) is 3.25. The van der Waals surface area contributed by atoms with Crippen molar-refractivity contribution in [1.29, 1.82) is 0 Å². The van der Waals surface area contributed by atoms with Crippen LogP contribution in [0.5, 0.6) is 5.88 Å². The van der Waals surface area contributed by atoms with Gasteiger partial charge < -0.3 is 21.1 Å². The zero-order valence-electron chi connectivity index (χ0n) is 18.4. The number of carbonyl (C=O) groups is 1. The van der Waals surface area contributed by atoms with Gasteiger partial charge in [0.15, 0.2) is 6.10 Å². The second kappa shape index (κ2) is 11.5. The molecule has 1 aromatic heterocycles. The Hall–Kier alpha value is -3.03. The van der Waals surface area contributed by atoms with E-state index in [2.05, 4.69) is 28.2 Å². The molecule has 2 aromatic carbocycles. The minimum Gasteiger partial charge on any atom is -0.463 e. The van der Waals surface area contributed by atoms with Crippen LogP contribution in [0.3, 0.4) is 0 Å².